The van der Waals surface area contributed by atoms with Gasteiger partial charge in [0.05, 0.1) is 7.11 Å². The molecule has 0 bridgehead atoms. The Kier molecular flexibility index (Phi) is 5.96. The molecule has 4 nitrogen and oxygen atoms in total. The van der Waals surface area contributed by atoms with Crippen LogP contribution in [-0.2, 0) is 6.42 Å². The lowest BCUT2D eigenvalue weighted by atomic mass is 10.1. The number of aryl methyl sites for hydroxylation is 1. The molecule has 2 aromatic carbocycles. The average Bonchev–Trinajstić information content (AvgIpc) is 3.16. The van der Waals surface area contributed by atoms with Crippen molar-refractivity contribution in [2.75, 3.05) is 13.7 Å². The third kappa shape index (κ3) is 4.46. The van der Waals surface area contributed by atoms with Gasteiger partial charge in [-0.1, -0.05) is 24.3 Å². The molecular formula is C20H19FN2O2S. The molecule has 0 aliphatic carbocycles. The first-order valence-electron chi connectivity index (χ1n) is 8.29. The quantitative estimate of drug-likeness (QED) is 0.630. The largest absolute Gasteiger partial charge is 0.497 e. The van der Waals surface area contributed by atoms with Gasteiger partial charge in [0.25, 0.3) is 5.91 Å². The lowest BCUT2D eigenvalue weighted by Gasteiger charge is -2.05. The standard InChI is InChI=1S/C20H19FN2O2S/c1-25-15-10-8-14(9-11-15)5-4-12-22-19(24)18-13-26-20(23-18)16-6-2-3-7-17(16)21/h2-3,6-11,13H,4-5,12H2,1H3,(H,22,24). The summed E-state index contributed by atoms with van der Waals surface area (Å²) in [4.78, 5) is 16.4. The fraction of sp³-hybridized carbons (Fsp3) is 0.200. The van der Waals surface area contributed by atoms with Gasteiger partial charge in [0.15, 0.2) is 0 Å². The van der Waals surface area contributed by atoms with Gasteiger partial charge in [-0.3, -0.25) is 4.79 Å². The molecule has 0 spiro atoms. The molecule has 1 heterocycles. The Bertz CT molecular complexity index is 878. The molecule has 0 aliphatic heterocycles. The maximum absolute atomic E-state index is 13.8. The minimum atomic E-state index is -0.340. The summed E-state index contributed by atoms with van der Waals surface area (Å²) < 4.78 is 18.9. The number of carbonyl (C=O) groups is 1. The Morgan fingerprint density at radius 1 is 1.19 bits per heavy atom. The molecular weight excluding hydrogens is 351 g/mol. The highest BCUT2D eigenvalue weighted by Gasteiger charge is 2.13. The molecule has 0 aliphatic rings. The lowest BCUT2D eigenvalue weighted by molar-refractivity contribution is 0.0949. The second-order valence-electron chi connectivity index (χ2n) is 5.73. The Labute approximate surface area is 155 Å². The zero-order valence-electron chi connectivity index (χ0n) is 14.4. The number of methoxy groups -OCH3 is 1. The first-order chi connectivity index (χ1) is 12.7. The summed E-state index contributed by atoms with van der Waals surface area (Å²) in [7, 11) is 1.64. The summed E-state index contributed by atoms with van der Waals surface area (Å²) in [6, 6.07) is 14.3. The molecule has 1 aromatic heterocycles. The molecule has 0 fully saturated rings. The van der Waals surface area contributed by atoms with Crippen LogP contribution in [0.15, 0.2) is 53.9 Å². The van der Waals surface area contributed by atoms with Crippen molar-refractivity contribution < 1.29 is 13.9 Å². The van der Waals surface area contributed by atoms with Crippen LogP contribution in [-0.4, -0.2) is 24.5 Å². The highest BCUT2D eigenvalue weighted by atomic mass is 32.1. The number of halogens is 1. The summed E-state index contributed by atoms with van der Waals surface area (Å²) in [5.41, 5.74) is 1.92. The van der Waals surface area contributed by atoms with E-state index in [1.54, 1.807) is 30.7 Å². The maximum atomic E-state index is 13.8. The zero-order valence-corrected chi connectivity index (χ0v) is 15.2. The number of carbonyl (C=O) groups excluding carboxylic acids is 1. The van der Waals surface area contributed by atoms with Crippen LogP contribution < -0.4 is 10.1 Å². The van der Waals surface area contributed by atoms with E-state index >= 15 is 0 Å². The minimum Gasteiger partial charge on any atom is -0.497 e. The molecule has 0 unspecified atom stereocenters. The van der Waals surface area contributed by atoms with Crippen molar-refractivity contribution in [2.24, 2.45) is 0 Å². The molecule has 0 atom stereocenters. The highest BCUT2D eigenvalue weighted by Crippen LogP contribution is 2.26. The number of nitrogens with zero attached hydrogens (tertiary/aromatic N) is 1. The molecule has 3 rings (SSSR count). The summed E-state index contributed by atoms with van der Waals surface area (Å²) in [6.07, 6.45) is 1.68. The van der Waals surface area contributed by atoms with E-state index in [-0.39, 0.29) is 11.7 Å². The topological polar surface area (TPSA) is 51.2 Å². The van der Waals surface area contributed by atoms with Gasteiger partial charge in [-0.2, -0.15) is 0 Å². The zero-order chi connectivity index (χ0) is 18.4. The number of thiazole rings is 1. The van der Waals surface area contributed by atoms with Crippen molar-refractivity contribution in [3.8, 4) is 16.3 Å². The molecule has 1 amide bonds. The van der Waals surface area contributed by atoms with Crippen LogP contribution in [0.1, 0.15) is 22.5 Å². The van der Waals surface area contributed by atoms with E-state index in [0.29, 0.717) is 22.8 Å². The van der Waals surface area contributed by atoms with E-state index in [1.165, 1.54) is 23.0 Å². The van der Waals surface area contributed by atoms with Crippen molar-refractivity contribution in [3.63, 3.8) is 0 Å². The summed E-state index contributed by atoms with van der Waals surface area (Å²) >= 11 is 1.26. The van der Waals surface area contributed by atoms with E-state index in [0.717, 1.165) is 18.6 Å². The van der Waals surface area contributed by atoms with E-state index in [1.807, 2.05) is 24.3 Å². The number of amides is 1. The van der Waals surface area contributed by atoms with Crippen LogP contribution in [0.5, 0.6) is 5.75 Å². The second-order valence-corrected chi connectivity index (χ2v) is 6.58. The van der Waals surface area contributed by atoms with Crippen molar-refractivity contribution in [3.05, 3.63) is 71.0 Å². The first-order valence-corrected chi connectivity index (χ1v) is 9.17. The Balaban J connectivity index is 1.50. The Hall–Kier alpha value is -2.73. The second kappa shape index (κ2) is 8.58. The fourth-order valence-electron chi connectivity index (χ4n) is 2.51. The van der Waals surface area contributed by atoms with Gasteiger partial charge in [0.1, 0.15) is 22.3 Å². The van der Waals surface area contributed by atoms with Gasteiger partial charge < -0.3 is 10.1 Å². The molecule has 3 aromatic rings. The number of aromatic nitrogens is 1. The van der Waals surface area contributed by atoms with Crippen molar-refractivity contribution in [1.82, 2.24) is 10.3 Å². The van der Waals surface area contributed by atoms with E-state index in [2.05, 4.69) is 10.3 Å². The maximum Gasteiger partial charge on any atom is 0.270 e. The van der Waals surface area contributed by atoms with Crippen LogP contribution in [0.3, 0.4) is 0 Å². The number of hydrogen-bond donors (Lipinski definition) is 1. The van der Waals surface area contributed by atoms with E-state index in [9.17, 15) is 9.18 Å². The van der Waals surface area contributed by atoms with Gasteiger partial charge in [0.2, 0.25) is 0 Å². The highest BCUT2D eigenvalue weighted by molar-refractivity contribution is 7.13. The van der Waals surface area contributed by atoms with Gasteiger partial charge in [-0.25, -0.2) is 9.37 Å². The number of nitrogens with one attached hydrogen (secondary N) is 1. The molecule has 134 valence electrons. The third-order valence-corrected chi connectivity index (χ3v) is 4.80. The number of benzene rings is 2. The van der Waals surface area contributed by atoms with Crippen LogP contribution in [0, 0.1) is 5.82 Å². The molecule has 6 heteroatoms. The number of ether oxygens (including phenoxy) is 1. The molecule has 26 heavy (non-hydrogen) atoms. The van der Waals surface area contributed by atoms with Gasteiger partial charge in [-0.05, 0) is 42.7 Å². The number of rotatable bonds is 7. The van der Waals surface area contributed by atoms with Crippen molar-refractivity contribution >= 4 is 17.2 Å². The molecule has 1 N–H and O–H groups in total. The average molecular weight is 370 g/mol. The Morgan fingerprint density at radius 3 is 2.69 bits per heavy atom. The third-order valence-electron chi connectivity index (χ3n) is 3.93. The lowest BCUT2D eigenvalue weighted by Crippen LogP contribution is -2.25. The molecule has 0 radical (unpaired) electrons. The molecule has 0 saturated heterocycles. The van der Waals surface area contributed by atoms with E-state index in [4.69, 9.17) is 4.74 Å². The summed E-state index contributed by atoms with van der Waals surface area (Å²) in [5.74, 6) is 0.253. The molecule has 0 saturated carbocycles. The number of hydrogen-bond acceptors (Lipinski definition) is 4. The predicted molar refractivity (Wildman–Crippen MR) is 101 cm³/mol. The SMILES string of the molecule is COc1ccc(CCCNC(=O)c2csc(-c3ccccc3F)n2)cc1. The smallest absolute Gasteiger partial charge is 0.270 e. The van der Waals surface area contributed by atoms with Crippen LogP contribution in [0.4, 0.5) is 4.39 Å². The van der Waals surface area contributed by atoms with E-state index < -0.39 is 0 Å². The van der Waals surface area contributed by atoms with Crippen LogP contribution in [0.2, 0.25) is 0 Å². The first kappa shape index (κ1) is 18.1. The van der Waals surface area contributed by atoms with Gasteiger partial charge in [-0.15, -0.1) is 11.3 Å². The normalized spacial score (nSPS) is 10.5. The van der Waals surface area contributed by atoms with Gasteiger partial charge >= 0.3 is 0 Å². The van der Waals surface area contributed by atoms with Crippen molar-refractivity contribution in [1.29, 1.82) is 0 Å². The van der Waals surface area contributed by atoms with Crippen LogP contribution >= 0.6 is 11.3 Å². The van der Waals surface area contributed by atoms with Crippen molar-refractivity contribution in [2.45, 2.75) is 12.8 Å². The monoisotopic (exact) mass is 370 g/mol. The fourth-order valence-corrected chi connectivity index (χ4v) is 3.34. The summed E-state index contributed by atoms with van der Waals surface area (Å²) in [6.45, 7) is 0.553. The minimum absolute atomic E-state index is 0.237. The predicted octanol–water partition coefficient (Wildman–Crippen LogP) is 4.32. The van der Waals surface area contributed by atoms with Gasteiger partial charge in [0, 0.05) is 17.5 Å². The Morgan fingerprint density at radius 2 is 1.96 bits per heavy atom. The summed E-state index contributed by atoms with van der Waals surface area (Å²) in [5, 5.41) is 5.02. The van der Waals surface area contributed by atoms with Crippen LogP contribution in [0.25, 0.3) is 10.6 Å².